The molecule has 0 atom stereocenters. The Bertz CT molecular complexity index is 1240. The smallest absolute Gasteiger partial charge is 0.357 e. The van der Waals surface area contributed by atoms with E-state index in [9.17, 15) is 14.7 Å². The number of fused-ring (bicyclic) bond motifs is 1. The molecule has 0 bridgehead atoms. The number of aromatic nitrogens is 3. The van der Waals surface area contributed by atoms with Crippen molar-refractivity contribution in [3.05, 3.63) is 76.4 Å². The predicted octanol–water partition coefficient (Wildman–Crippen LogP) is 2.81. The van der Waals surface area contributed by atoms with E-state index in [0.717, 1.165) is 10.2 Å². The second kappa shape index (κ2) is 6.99. The fourth-order valence-corrected chi connectivity index (χ4v) is 3.02. The molecule has 2 heterocycles. The van der Waals surface area contributed by atoms with E-state index in [1.807, 2.05) is 18.2 Å². The molecule has 0 spiro atoms. The molecule has 8 nitrogen and oxygen atoms in total. The van der Waals surface area contributed by atoms with E-state index < -0.39 is 11.5 Å². The zero-order chi connectivity index (χ0) is 19.7. The number of ether oxygens (including phenoxy) is 1. The number of carbonyl (C=O) groups is 1. The van der Waals surface area contributed by atoms with Crippen LogP contribution in [0, 0.1) is 0 Å². The van der Waals surface area contributed by atoms with Crippen LogP contribution in [0.25, 0.3) is 22.0 Å². The summed E-state index contributed by atoms with van der Waals surface area (Å²) < 4.78 is 11.7. The lowest BCUT2D eigenvalue weighted by atomic mass is 10.1. The number of carboxylic acid groups (broad SMARTS) is 1. The lowest BCUT2D eigenvalue weighted by Gasteiger charge is -2.07. The van der Waals surface area contributed by atoms with Crippen molar-refractivity contribution in [1.82, 2.24) is 14.9 Å². The molecule has 0 aliphatic heterocycles. The summed E-state index contributed by atoms with van der Waals surface area (Å²) in [6.45, 7) is -0.0495. The summed E-state index contributed by atoms with van der Waals surface area (Å²) in [6.07, 6.45) is 0. The van der Waals surface area contributed by atoms with Gasteiger partial charge in [0.2, 0.25) is 0 Å². The summed E-state index contributed by atoms with van der Waals surface area (Å²) in [5.41, 5.74) is 0.681. The van der Waals surface area contributed by atoms with Crippen molar-refractivity contribution in [2.24, 2.45) is 0 Å². The molecule has 0 radical (unpaired) electrons. The molecule has 0 unspecified atom stereocenters. The first-order valence-corrected chi connectivity index (χ1v) is 8.40. The number of aromatic carboxylic acids is 1. The summed E-state index contributed by atoms with van der Waals surface area (Å²) >= 11 is 0. The molecule has 0 saturated carbocycles. The van der Waals surface area contributed by atoms with Crippen molar-refractivity contribution in [3.63, 3.8) is 0 Å². The molecule has 2 aromatic carbocycles. The lowest BCUT2D eigenvalue weighted by Crippen LogP contribution is -2.26. The van der Waals surface area contributed by atoms with E-state index in [-0.39, 0.29) is 17.6 Å². The van der Waals surface area contributed by atoms with Gasteiger partial charge in [0.15, 0.2) is 11.5 Å². The Balaban J connectivity index is 1.76. The maximum atomic E-state index is 12.7. The van der Waals surface area contributed by atoms with Crippen LogP contribution >= 0.6 is 0 Å². The van der Waals surface area contributed by atoms with Crippen LogP contribution < -0.4 is 10.3 Å². The fourth-order valence-electron chi connectivity index (χ4n) is 3.02. The lowest BCUT2D eigenvalue weighted by molar-refractivity contribution is 0.0690. The highest BCUT2D eigenvalue weighted by Gasteiger charge is 2.17. The van der Waals surface area contributed by atoms with Gasteiger partial charge in [0, 0.05) is 17.0 Å². The van der Waals surface area contributed by atoms with Gasteiger partial charge in [-0.25, -0.2) is 9.48 Å². The Hall–Kier alpha value is -3.94. The van der Waals surface area contributed by atoms with Crippen LogP contribution in [0.2, 0.25) is 0 Å². The average Bonchev–Trinajstić information content (AvgIpc) is 3.18. The van der Waals surface area contributed by atoms with Crippen molar-refractivity contribution >= 4 is 16.7 Å². The summed E-state index contributed by atoms with van der Waals surface area (Å²) in [5, 5.41) is 18.0. The second-order valence-corrected chi connectivity index (χ2v) is 6.04. The molecule has 4 rings (SSSR count). The predicted molar refractivity (Wildman–Crippen MR) is 101 cm³/mol. The SMILES string of the molecule is COc1ccccc1-c1cc(Cn2nc(C(=O)O)c3ccccc3c2=O)on1. The number of para-hydroxylation sites is 1. The number of nitrogens with zero attached hydrogens (tertiary/aromatic N) is 3. The Morgan fingerprint density at radius 2 is 1.86 bits per heavy atom. The molecule has 28 heavy (non-hydrogen) atoms. The number of hydrogen-bond donors (Lipinski definition) is 1. The quantitative estimate of drug-likeness (QED) is 0.570. The highest BCUT2D eigenvalue weighted by molar-refractivity contribution is 6.01. The third-order valence-electron chi connectivity index (χ3n) is 4.32. The number of hydrogen-bond acceptors (Lipinski definition) is 6. The van der Waals surface area contributed by atoms with E-state index in [2.05, 4.69) is 10.3 Å². The van der Waals surface area contributed by atoms with E-state index in [0.29, 0.717) is 22.6 Å². The third kappa shape index (κ3) is 3.01. The molecule has 0 aliphatic rings. The Morgan fingerprint density at radius 3 is 2.61 bits per heavy atom. The molecule has 1 N–H and O–H groups in total. The van der Waals surface area contributed by atoms with Gasteiger partial charge in [-0.2, -0.15) is 5.10 Å². The number of methoxy groups -OCH3 is 1. The van der Waals surface area contributed by atoms with Gasteiger partial charge < -0.3 is 14.4 Å². The first-order valence-electron chi connectivity index (χ1n) is 8.40. The topological polar surface area (TPSA) is 107 Å². The summed E-state index contributed by atoms with van der Waals surface area (Å²) in [4.78, 5) is 24.3. The molecule has 2 aromatic heterocycles. The molecule has 140 valence electrons. The van der Waals surface area contributed by atoms with Gasteiger partial charge in [0.1, 0.15) is 18.0 Å². The largest absolute Gasteiger partial charge is 0.496 e. The first-order chi connectivity index (χ1) is 13.6. The van der Waals surface area contributed by atoms with Crippen LogP contribution in [-0.4, -0.2) is 33.1 Å². The van der Waals surface area contributed by atoms with Gasteiger partial charge in [-0.1, -0.05) is 35.5 Å². The van der Waals surface area contributed by atoms with Crippen LogP contribution in [-0.2, 0) is 6.54 Å². The number of benzene rings is 2. The van der Waals surface area contributed by atoms with Gasteiger partial charge in [-0.15, -0.1) is 0 Å². The van der Waals surface area contributed by atoms with E-state index >= 15 is 0 Å². The van der Waals surface area contributed by atoms with Crippen molar-refractivity contribution in [1.29, 1.82) is 0 Å². The van der Waals surface area contributed by atoms with E-state index in [1.165, 1.54) is 0 Å². The van der Waals surface area contributed by atoms with Gasteiger partial charge in [0.05, 0.1) is 12.5 Å². The summed E-state index contributed by atoms with van der Waals surface area (Å²) in [7, 11) is 1.56. The Labute approximate surface area is 158 Å². The minimum absolute atomic E-state index is 0.0495. The average molecular weight is 377 g/mol. The fraction of sp³-hybridized carbons (Fsp3) is 0.100. The maximum Gasteiger partial charge on any atom is 0.357 e. The van der Waals surface area contributed by atoms with Crippen molar-refractivity contribution in [2.45, 2.75) is 6.54 Å². The maximum absolute atomic E-state index is 12.7. The van der Waals surface area contributed by atoms with E-state index in [1.54, 1.807) is 43.5 Å². The van der Waals surface area contributed by atoms with E-state index in [4.69, 9.17) is 9.26 Å². The standard InChI is InChI=1S/C20H15N3O5/c1-27-17-9-5-4-8-15(17)16-10-12(28-22-16)11-23-19(24)14-7-3-2-6-13(14)18(21-23)20(25)26/h2-10H,11H2,1H3,(H,25,26). The Kier molecular flexibility index (Phi) is 4.36. The van der Waals surface area contributed by atoms with Gasteiger partial charge in [-0.05, 0) is 18.2 Å². The molecular weight excluding hydrogens is 362 g/mol. The zero-order valence-corrected chi connectivity index (χ0v) is 14.8. The van der Waals surface area contributed by atoms with Gasteiger partial charge in [0.25, 0.3) is 5.56 Å². The van der Waals surface area contributed by atoms with Gasteiger partial charge in [-0.3, -0.25) is 4.79 Å². The molecule has 0 saturated heterocycles. The number of rotatable bonds is 5. The monoisotopic (exact) mass is 377 g/mol. The molecule has 0 fully saturated rings. The first kappa shape index (κ1) is 17.5. The Morgan fingerprint density at radius 1 is 1.14 bits per heavy atom. The van der Waals surface area contributed by atoms with Crippen molar-refractivity contribution in [2.75, 3.05) is 7.11 Å². The molecule has 8 heteroatoms. The van der Waals surface area contributed by atoms with Crippen LogP contribution in [0.4, 0.5) is 0 Å². The third-order valence-corrected chi connectivity index (χ3v) is 4.32. The minimum Gasteiger partial charge on any atom is -0.496 e. The van der Waals surface area contributed by atoms with Crippen LogP contribution in [0.1, 0.15) is 16.2 Å². The second-order valence-electron chi connectivity index (χ2n) is 6.04. The minimum atomic E-state index is -1.21. The highest BCUT2D eigenvalue weighted by Crippen LogP contribution is 2.29. The normalized spacial score (nSPS) is 10.9. The molecule has 0 amide bonds. The van der Waals surface area contributed by atoms with Gasteiger partial charge >= 0.3 is 5.97 Å². The van der Waals surface area contributed by atoms with Crippen LogP contribution in [0.3, 0.4) is 0 Å². The highest BCUT2D eigenvalue weighted by atomic mass is 16.5. The number of carboxylic acids is 1. The summed E-state index contributed by atoms with van der Waals surface area (Å²) in [6, 6.07) is 15.5. The van der Waals surface area contributed by atoms with Crippen LogP contribution in [0.15, 0.2) is 63.9 Å². The van der Waals surface area contributed by atoms with Crippen molar-refractivity contribution in [3.8, 4) is 17.0 Å². The molecule has 4 aromatic rings. The summed E-state index contributed by atoms with van der Waals surface area (Å²) in [5.74, 6) is -0.212. The molecular formula is C20H15N3O5. The zero-order valence-electron chi connectivity index (χ0n) is 14.8. The van der Waals surface area contributed by atoms with Crippen LogP contribution in [0.5, 0.6) is 5.75 Å². The molecule has 0 aliphatic carbocycles. The van der Waals surface area contributed by atoms with Crippen molar-refractivity contribution < 1.29 is 19.2 Å².